The number of nitrogens with two attached hydrogens (primary N) is 1. The zero-order valence-corrected chi connectivity index (χ0v) is 19.5. The van der Waals surface area contributed by atoms with Crippen molar-refractivity contribution in [1.82, 2.24) is 14.6 Å². The number of nitrogens with zero attached hydrogens (tertiary/aromatic N) is 3. The summed E-state index contributed by atoms with van der Waals surface area (Å²) in [5.41, 5.74) is 9.02. The van der Waals surface area contributed by atoms with Gasteiger partial charge in [-0.15, -0.1) is 5.10 Å². The van der Waals surface area contributed by atoms with Gasteiger partial charge in [-0.3, -0.25) is 4.79 Å². The average Bonchev–Trinajstić information content (AvgIpc) is 3.30. The molecule has 0 saturated heterocycles. The summed E-state index contributed by atoms with van der Waals surface area (Å²) in [6, 6.07) is 24.9. The van der Waals surface area contributed by atoms with Crippen molar-refractivity contribution < 1.29 is 18.0 Å². The number of benzene rings is 3. The molecule has 2 heterocycles. The molecule has 0 saturated carbocycles. The van der Waals surface area contributed by atoms with E-state index < -0.39 is 17.8 Å². The Balaban J connectivity index is 1.32. The minimum atomic E-state index is -4.50. The molecule has 6 nitrogen and oxygen atoms in total. The molecule has 5 rings (SSSR count). The number of nitrogens with one attached hydrogen (secondary N) is 1. The normalized spacial score (nSPS) is 12.4. The van der Waals surface area contributed by atoms with Gasteiger partial charge in [0, 0.05) is 18.2 Å². The maximum absolute atomic E-state index is 13.3. The molecule has 3 N–H and O–H groups in total. The number of pyridine rings is 1. The molecular weight excluding hydrogens is 479 g/mol. The molecule has 0 radical (unpaired) electrons. The first-order valence-electron chi connectivity index (χ1n) is 11.5. The SMILES string of the molecule is NC(C(=O)Cc1ccc(-c2ccc3nc(Nc4ccccc4C(F)(F)F)nn3c2)cc1)c1ccccc1. The van der Waals surface area contributed by atoms with Crippen LogP contribution in [0.3, 0.4) is 0 Å². The number of para-hydroxylation sites is 1. The van der Waals surface area contributed by atoms with Gasteiger partial charge in [0.25, 0.3) is 0 Å². The van der Waals surface area contributed by atoms with Crippen molar-refractivity contribution in [3.63, 3.8) is 0 Å². The highest BCUT2D eigenvalue weighted by Gasteiger charge is 2.33. The number of halogens is 3. The van der Waals surface area contributed by atoms with Crippen LogP contribution in [0.15, 0.2) is 97.2 Å². The second-order valence-electron chi connectivity index (χ2n) is 8.55. The minimum Gasteiger partial charge on any atom is -0.322 e. The van der Waals surface area contributed by atoms with Gasteiger partial charge in [0.2, 0.25) is 5.95 Å². The Morgan fingerprint density at radius 2 is 1.57 bits per heavy atom. The quantitative estimate of drug-likeness (QED) is 0.287. The molecule has 186 valence electrons. The Bertz CT molecular complexity index is 1550. The van der Waals surface area contributed by atoms with Gasteiger partial charge in [0.05, 0.1) is 17.3 Å². The van der Waals surface area contributed by atoms with Crippen molar-refractivity contribution in [2.75, 3.05) is 5.32 Å². The number of carbonyl (C=O) groups excluding carboxylic acids is 1. The number of rotatable bonds is 7. The summed E-state index contributed by atoms with van der Waals surface area (Å²) in [7, 11) is 0. The number of hydrogen-bond acceptors (Lipinski definition) is 5. The topological polar surface area (TPSA) is 85.3 Å². The molecule has 2 aromatic heterocycles. The number of alkyl halides is 3. The van der Waals surface area contributed by atoms with E-state index in [9.17, 15) is 18.0 Å². The van der Waals surface area contributed by atoms with Crippen LogP contribution in [0.1, 0.15) is 22.7 Å². The molecule has 0 amide bonds. The van der Waals surface area contributed by atoms with E-state index in [4.69, 9.17) is 5.73 Å². The predicted octanol–water partition coefficient (Wildman–Crippen LogP) is 5.97. The van der Waals surface area contributed by atoms with Crippen LogP contribution in [-0.4, -0.2) is 20.4 Å². The van der Waals surface area contributed by atoms with Gasteiger partial charge in [-0.25, -0.2) is 4.52 Å². The van der Waals surface area contributed by atoms with E-state index in [0.717, 1.165) is 28.3 Å². The smallest absolute Gasteiger partial charge is 0.322 e. The fourth-order valence-corrected chi connectivity index (χ4v) is 4.04. The highest BCUT2D eigenvalue weighted by Crippen LogP contribution is 2.35. The highest BCUT2D eigenvalue weighted by atomic mass is 19.4. The van der Waals surface area contributed by atoms with Gasteiger partial charge >= 0.3 is 6.18 Å². The molecule has 0 aliphatic carbocycles. The summed E-state index contributed by atoms with van der Waals surface area (Å²) in [5, 5.41) is 6.96. The lowest BCUT2D eigenvalue weighted by atomic mass is 9.97. The molecule has 37 heavy (non-hydrogen) atoms. The molecule has 0 aliphatic rings. The molecule has 1 atom stereocenters. The summed E-state index contributed by atoms with van der Waals surface area (Å²) < 4.78 is 41.4. The van der Waals surface area contributed by atoms with Crippen LogP contribution in [-0.2, 0) is 17.4 Å². The number of ketones is 1. The number of carbonyl (C=O) groups is 1. The van der Waals surface area contributed by atoms with E-state index in [2.05, 4.69) is 15.4 Å². The average molecular weight is 502 g/mol. The summed E-state index contributed by atoms with van der Waals surface area (Å²) in [6.07, 6.45) is -2.54. The summed E-state index contributed by atoms with van der Waals surface area (Å²) in [5.74, 6) is -0.0208. The first-order valence-corrected chi connectivity index (χ1v) is 11.5. The summed E-state index contributed by atoms with van der Waals surface area (Å²) in [6.45, 7) is 0. The van der Waals surface area contributed by atoms with Crippen LogP contribution >= 0.6 is 0 Å². The van der Waals surface area contributed by atoms with E-state index in [1.807, 2.05) is 60.7 Å². The van der Waals surface area contributed by atoms with E-state index in [-0.39, 0.29) is 23.8 Å². The second-order valence-corrected chi connectivity index (χ2v) is 8.55. The Morgan fingerprint density at radius 3 is 2.30 bits per heavy atom. The summed E-state index contributed by atoms with van der Waals surface area (Å²) >= 11 is 0. The Labute approximate surface area is 210 Å². The highest BCUT2D eigenvalue weighted by molar-refractivity contribution is 5.87. The van der Waals surface area contributed by atoms with Crippen LogP contribution in [0.4, 0.5) is 24.8 Å². The van der Waals surface area contributed by atoms with Crippen LogP contribution in [0, 0.1) is 0 Å². The van der Waals surface area contributed by atoms with Crippen LogP contribution in [0.25, 0.3) is 16.8 Å². The molecule has 9 heteroatoms. The maximum atomic E-state index is 13.3. The first kappa shape index (κ1) is 24.2. The first-order chi connectivity index (χ1) is 17.8. The van der Waals surface area contributed by atoms with Gasteiger partial charge in [-0.05, 0) is 41.0 Å². The number of anilines is 2. The van der Waals surface area contributed by atoms with E-state index in [0.29, 0.717) is 5.65 Å². The Morgan fingerprint density at radius 1 is 0.892 bits per heavy atom. The van der Waals surface area contributed by atoms with E-state index in [1.165, 1.54) is 22.7 Å². The van der Waals surface area contributed by atoms with Gasteiger partial charge in [-0.1, -0.05) is 66.7 Å². The number of fused-ring (bicyclic) bond motifs is 1. The van der Waals surface area contributed by atoms with E-state index >= 15 is 0 Å². The minimum absolute atomic E-state index is 0.0532. The zero-order chi connectivity index (χ0) is 26.0. The fourth-order valence-electron chi connectivity index (χ4n) is 4.04. The number of Topliss-reactive ketones (excluding diaryl/α,β-unsaturated/α-hetero) is 1. The summed E-state index contributed by atoms with van der Waals surface area (Å²) in [4.78, 5) is 16.9. The van der Waals surface area contributed by atoms with Crippen molar-refractivity contribution in [1.29, 1.82) is 0 Å². The van der Waals surface area contributed by atoms with Crippen LogP contribution < -0.4 is 11.1 Å². The van der Waals surface area contributed by atoms with Crippen molar-refractivity contribution in [3.05, 3.63) is 114 Å². The predicted molar refractivity (Wildman–Crippen MR) is 135 cm³/mol. The molecule has 0 fully saturated rings. The second kappa shape index (κ2) is 9.87. The van der Waals surface area contributed by atoms with Crippen molar-refractivity contribution in [2.24, 2.45) is 5.73 Å². The lowest BCUT2D eigenvalue weighted by molar-refractivity contribution is -0.137. The van der Waals surface area contributed by atoms with Gasteiger partial charge in [0.15, 0.2) is 11.4 Å². The third-order valence-electron chi connectivity index (χ3n) is 5.98. The molecule has 0 bridgehead atoms. The van der Waals surface area contributed by atoms with Gasteiger partial charge in [0.1, 0.15) is 0 Å². The largest absolute Gasteiger partial charge is 0.418 e. The maximum Gasteiger partial charge on any atom is 0.418 e. The molecular formula is C28H22F3N5O. The monoisotopic (exact) mass is 501 g/mol. The Hall–Kier alpha value is -4.50. The standard InChI is InChI=1S/C28H22F3N5O/c29-28(30,31)22-8-4-5-9-23(22)33-27-34-25-15-14-21(17-36(25)35-27)19-12-10-18(11-13-19)16-24(37)26(32)20-6-2-1-3-7-20/h1-15,17,26H,16,32H2,(H,33,35). The van der Waals surface area contributed by atoms with Crippen LogP contribution in [0.2, 0.25) is 0 Å². The zero-order valence-electron chi connectivity index (χ0n) is 19.5. The van der Waals surface area contributed by atoms with Crippen LogP contribution in [0.5, 0.6) is 0 Å². The molecule has 0 spiro atoms. The van der Waals surface area contributed by atoms with Gasteiger partial charge < -0.3 is 11.1 Å². The fraction of sp³-hybridized carbons (Fsp3) is 0.107. The number of aromatic nitrogens is 3. The third-order valence-corrected chi connectivity index (χ3v) is 5.98. The van der Waals surface area contributed by atoms with Gasteiger partial charge in [-0.2, -0.15) is 18.2 Å². The molecule has 5 aromatic rings. The molecule has 3 aromatic carbocycles. The molecule has 1 unspecified atom stereocenters. The number of hydrogen-bond donors (Lipinski definition) is 2. The molecule has 0 aliphatic heterocycles. The lowest BCUT2D eigenvalue weighted by Gasteiger charge is -2.12. The van der Waals surface area contributed by atoms with Crippen molar-refractivity contribution in [2.45, 2.75) is 18.6 Å². The van der Waals surface area contributed by atoms with E-state index in [1.54, 1.807) is 12.3 Å². The Kier molecular flexibility index (Phi) is 6.45. The lowest BCUT2D eigenvalue weighted by Crippen LogP contribution is -2.23. The van der Waals surface area contributed by atoms with Crippen molar-refractivity contribution >= 4 is 23.1 Å². The van der Waals surface area contributed by atoms with Crippen molar-refractivity contribution in [3.8, 4) is 11.1 Å². The third kappa shape index (κ3) is 5.36.